The van der Waals surface area contributed by atoms with Crippen molar-refractivity contribution in [2.75, 3.05) is 0 Å². The van der Waals surface area contributed by atoms with Crippen LogP contribution in [-0.4, -0.2) is 34.6 Å². The average molecular weight is 297 g/mol. The molecule has 1 fully saturated rings. The Balaban J connectivity index is 2.57. The van der Waals surface area contributed by atoms with Crippen molar-refractivity contribution < 1.29 is 19.1 Å². The van der Waals surface area contributed by atoms with Crippen LogP contribution < -0.4 is 0 Å². The van der Waals surface area contributed by atoms with Crippen LogP contribution in [0.25, 0.3) is 0 Å². The fourth-order valence-electron chi connectivity index (χ4n) is 2.53. The summed E-state index contributed by atoms with van der Waals surface area (Å²) in [6.07, 6.45) is 3.95. The minimum absolute atomic E-state index is 0.0108. The van der Waals surface area contributed by atoms with Gasteiger partial charge in [-0.1, -0.05) is 6.92 Å². The number of ether oxygens (including phenoxy) is 2. The molecule has 1 rings (SSSR count). The molecule has 1 aliphatic heterocycles. The zero-order valence-corrected chi connectivity index (χ0v) is 13.9. The van der Waals surface area contributed by atoms with Crippen LogP contribution in [0, 0.1) is 5.92 Å². The number of rotatable bonds is 5. The first-order valence-electron chi connectivity index (χ1n) is 7.55. The van der Waals surface area contributed by atoms with Gasteiger partial charge in [0.15, 0.2) is 0 Å². The SMILES string of the molecule is CC(C)N(C(=O)O/C=C\[C@H](C)[C@@]1(C)CCC(=O)O1)C(C)C. The van der Waals surface area contributed by atoms with Gasteiger partial charge in [0, 0.05) is 24.4 Å². The summed E-state index contributed by atoms with van der Waals surface area (Å²) >= 11 is 0. The second-order valence-electron chi connectivity index (χ2n) is 6.38. The molecule has 1 aliphatic rings. The minimum atomic E-state index is -0.504. The highest BCUT2D eigenvalue weighted by molar-refractivity contribution is 5.72. The van der Waals surface area contributed by atoms with Crippen molar-refractivity contribution in [2.45, 2.75) is 72.1 Å². The third kappa shape index (κ3) is 4.48. The first-order chi connectivity index (χ1) is 9.67. The van der Waals surface area contributed by atoms with Crippen LogP contribution in [0.15, 0.2) is 12.3 Å². The Bertz CT molecular complexity index is 409. The molecule has 0 aromatic heterocycles. The van der Waals surface area contributed by atoms with Gasteiger partial charge in [0.1, 0.15) is 5.60 Å². The number of nitrogens with zero attached hydrogens (tertiary/aromatic N) is 1. The number of carbonyl (C=O) groups is 2. The molecule has 0 aromatic carbocycles. The lowest BCUT2D eigenvalue weighted by Crippen LogP contribution is -2.41. The van der Waals surface area contributed by atoms with E-state index in [2.05, 4.69) is 0 Å². The Morgan fingerprint density at radius 1 is 1.29 bits per heavy atom. The maximum absolute atomic E-state index is 12.0. The largest absolute Gasteiger partial charge is 0.459 e. The molecule has 1 amide bonds. The molecule has 0 bridgehead atoms. The van der Waals surface area contributed by atoms with Gasteiger partial charge >= 0.3 is 12.1 Å². The number of carbonyl (C=O) groups excluding carboxylic acids is 2. The maximum Gasteiger partial charge on any atom is 0.415 e. The number of hydrogen-bond acceptors (Lipinski definition) is 4. The van der Waals surface area contributed by atoms with Crippen LogP contribution in [0.5, 0.6) is 0 Å². The second-order valence-corrected chi connectivity index (χ2v) is 6.38. The Morgan fingerprint density at radius 3 is 2.29 bits per heavy atom. The highest BCUT2D eigenvalue weighted by Gasteiger charge is 2.39. The number of esters is 1. The topological polar surface area (TPSA) is 55.8 Å². The van der Waals surface area contributed by atoms with Crippen molar-refractivity contribution in [1.29, 1.82) is 0 Å². The van der Waals surface area contributed by atoms with E-state index in [4.69, 9.17) is 9.47 Å². The van der Waals surface area contributed by atoms with Crippen molar-refractivity contribution in [3.8, 4) is 0 Å². The van der Waals surface area contributed by atoms with Gasteiger partial charge in [-0.15, -0.1) is 0 Å². The van der Waals surface area contributed by atoms with Gasteiger partial charge in [0.05, 0.1) is 6.26 Å². The zero-order chi connectivity index (χ0) is 16.2. The third-order valence-electron chi connectivity index (χ3n) is 4.00. The molecule has 21 heavy (non-hydrogen) atoms. The lowest BCUT2D eigenvalue weighted by Gasteiger charge is -2.29. The molecule has 0 aromatic rings. The van der Waals surface area contributed by atoms with Gasteiger partial charge in [-0.25, -0.2) is 4.79 Å². The van der Waals surface area contributed by atoms with Gasteiger partial charge in [-0.3, -0.25) is 4.79 Å². The first-order valence-corrected chi connectivity index (χ1v) is 7.55. The highest BCUT2D eigenvalue weighted by atomic mass is 16.6. The smallest absolute Gasteiger partial charge is 0.415 e. The van der Waals surface area contributed by atoms with E-state index in [1.807, 2.05) is 41.5 Å². The van der Waals surface area contributed by atoms with Crippen molar-refractivity contribution in [1.82, 2.24) is 4.90 Å². The standard InChI is InChI=1S/C16H27NO4/c1-11(2)17(12(3)4)15(19)20-10-8-13(5)16(6)9-7-14(18)21-16/h8,10-13H,7,9H2,1-6H3/b10-8-/t13-,16+/m0/s1. The van der Waals surface area contributed by atoms with Gasteiger partial charge in [0.25, 0.3) is 0 Å². The fraction of sp³-hybridized carbons (Fsp3) is 0.750. The molecule has 0 N–H and O–H groups in total. The summed E-state index contributed by atoms with van der Waals surface area (Å²) in [5.41, 5.74) is -0.504. The normalized spacial score (nSPS) is 23.7. The Hall–Kier alpha value is -1.52. The minimum Gasteiger partial charge on any atom is -0.459 e. The summed E-state index contributed by atoms with van der Waals surface area (Å²) in [6, 6.07) is 0.160. The molecule has 5 heteroatoms. The van der Waals surface area contributed by atoms with Crippen molar-refractivity contribution in [2.24, 2.45) is 5.92 Å². The third-order valence-corrected chi connectivity index (χ3v) is 4.00. The summed E-state index contributed by atoms with van der Waals surface area (Å²) in [7, 11) is 0. The average Bonchev–Trinajstić information content (AvgIpc) is 2.69. The number of cyclic esters (lactones) is 1. The van der Waals surface area contributed by atoms with Crippen LogP contribution in [0.4, 0.5) is 4.79 Å². The quantitative estimate of drug-likeness (QED) is 0.576. The number of hydrogen-bond donors (Lipinski definition) is 0. The van der Waals surface area contributed by atoms with E-state index in [-0.39, 0.29) is 30.1 Å². The lowest BCUT2D eigenvalue weighted by atomic mass is 9.88. The highest BCUT2D eigenvalue weighted by Crippen LogP contribution is 2.34. The molecule has 1 saturated heterocycles. The monoisotopic (exact) mass is 297 g/mol. The molecule has 2 atom stereocenters. The van der Waals surface area contributed by atoms with Gasteiger partial charge in [-0.05, 0) is 47.1 Å². The molecule has 0 unspecified atom stereocenters. The predicted octanol–water partition coefficient (Wildman–Crippen LogP) is 3.49. The summed E-state index contributed by atoms with van der Waals surface area (Å²) in [4.78, 5) is 24.9. The maximum atomic E-state index is 12.0. The lowest BCUT2D eigenvalue weighted by molar-refractivity contribution is -0.149. The molecule has 0 radical (unpaired) electrons. The Kier molecular flexibility index (Phi) is 5.81. The first kappa shape index (κ1) is 17.5. The number of amides is 1. The van der Waals surface area contributed by atoms with Crippen LogP contribution in [0.2, 0.25) is 0 Å². The second kappa shape index (κ2) is 6.96. The van der Waals surface area contributed by atoms with E-state index in [9.17, 15) is 9.59 Å². The van der Waals surface area contributed by atoms with Gasteiger partial charge in [0.2, 0.25) is 0 Å². The summed E-state index contributed by atoms with van der Waals surface area (Å²) in [5.74, 6) is -0.177. The summed E-state index contributed by atoms with van der Waals surface area (Å²) in [6.45, 7) is 11.7. The Morgan fingerprint density at radius 2 is 1.86 bits per heavy atom. The summed E-state index contributed by atoms with van der Waals surface area (Å²) < 4.78 is 10.5. The van der Waals surface area contributed by atoms with Gasteiger partial charge < -0.3 is 14.4 Å². The van der Waals surface area contributed by atoms with Crippen LogP contribution in [0.3, 0.4) is 0 Å². The zero-order valence-electron chi connectivity index (χ0n) is 13.9. The van der Waals surface area contributed by atoms with Crippen LogP contribution >= 0.6 is 0 Å². The fourth-order valence-corrected chi connectivity index (χ4v) is 2.53. The van der Waals surface area contributed by atoms with E-state index < -0.39 is 5.60 Å². The molecule has 0 saturated carbocycles. The van der Waals surface area contributed by atoms with E-state index >= 15 is 0 Å². The van der Waals surface area contributed by atoms with Crippen molar-refractivity contribution in [3.63, 3.8) is 0 Å². The summed E-state index contributed by atoms with van der Waals surface area (Å²) in [5, 5.41) is 0. The van der Waals surface area contributed by atoms with E-state index in [0.29, 0.717) is 12.8 Å². The molecule has 0 aliphatic carbocycles. The van der Waals surface area contributed by atoms with Crippen molar-refractivity contribution >= 4 is 12.1 Å². The molecule has 5 nitrogen and oxygen atoms in total. The molecule has 1 heterocycles. The Labute approximate surface area is 127 Å². The van der Waals surface area contributed by atoms with E-state index in [1.54, 1.807) is 11.0 Å². The molecular formula is C16H27NO4. The predicted molar refractivity (Wildman–Crippen MR) is 80.6 cm³/mol. The van der Waals surface area contributed by atoms with Gasteiger partial charge in [-0.2, -0.15) is 0 Å². The van der Waals surface area contributed by atoms with Crippen LogP contribution in [-0.2, 0) is 14.3 Å². The molecule has 0 spiro atoms. The van der Waals surface area contributed by atoms with E-state index in [0.717, 1.165) is 0 Å². The molecular weight excluding hydrogens is 270 g/mol. The van der Waals surface area contributed by atoms with E-state index in [1.165, 1.54) is 6.26 Å². The van der Waals surface area contributed by atoms with Crippen molar-refractivity contribution in [3.05, 3.63) is 12.3 Å². The van der Waals surface area contributed by atoms with Crippen LogP contribution in [0.1, 0.15) is 54.4 Å². The molecule has 120 valence electrons.